The molecule has 0 aromatic rings. The lowest BCUT2D eigenvalue weighted by atomic mass is 9.78. The Labute approximate surface area is 176 Å². The Morgan fingerprint density at radius 3 is 1.43 bits per heavy atom. The van der Waals surface area contributed by atoms with Crippen molar-refractivity contribution in [2.75, 3.05) is 39.6 Å². The molecule has 30 heavy (non-hydrogen) atoms. The Bertz CT molecular complexity index is 693. The molecular formula is C22H30O8. The number of hydrogen-bond acceptors (Lipinski definition) is 8. The van der Waals surface area contributed by atoms with Gasteiger partial charge in [-0.3, -0.25) is 19.2 Å². The van der Waals surface area contributed by atoms with Crippen molar-refractivity contribution in [3.8, 4) is 0 Å². The van der Waals surface area contributed by atoms with Crippen LogP contribution in [-0.2, 0) is 38.1 Å². The molecule has 2 aliphatic heterocycles. The molecule has 0 bridgehead atoms. The van der Waals surface area contributed by atoms with Crippen molar-refractivity contribution in [2.45, 2.75) is 40.5 Å². The molecule has 0 aliphatic carbocycles. The predicted octanol–water partition coefficient (Wildman–Crippen LogP) is 1.96. The highest BCUT2D eigenvalue weighted by molar-refractivity contribution is 6.45. The number of ether oxygens (including phenoxy) is 4. The van der Waals surface area contributed by atoms with E-state index in [0.29, 0.717) is 50.4 Å². The maximum Gasteiger partial charge on any atom is 0.240 e. The van der Waals surface area contributed by atoms with Gasteiger partial charge in [-0.15, -0.1) is 0 Å². The number of Topliss-reactive ketones (excluding diaryl/α,β-unsaturated/α-hetero) is 4. The lowest BCUT2D eigenvalue weighted by Gasteiger charge is -2.28. The zero-order valence-corrected chi connectivity index (χ0v) is 18.1. The van der Waals surface area contributed by atoms with Crippen LogP contribution in [-0.4, -0.2) is 62.8 Å². The largest absolute Gasteiger partial charge is 0.492 e. The fourth-order valence-electron chi connectivity index (χ4n) is 3.12. The van der Waals surface area contributed by atoms with Gasteiger partial charge in [0.15, 0.2) is 13.2 Å². The number of carbonyl (C=O) groups is 4. The molecule has 166 valence electrons. The minimum Gasteiger partial charge on any atom is -0.492 e. The highest BCUT2D eigenvalue weighted by atomic mass is 16.5. The number of carbonyl (C=O) groups excluding carboxylic acids is 4. The van der Waals surface area contributed by atoms with Crippen LogP contribution in [0.1, 0.15) is 40.5 Å². The van der Waals surface area contributed by atoms with Crippen LogP contribution in [0.15, 0.2) is 23.7 Å². The minimum absolute atomic E-state index is 0.197. The Balaban J connectivity index is 1.64. The summed E-state index contributed by atoms with van der Waals surface area (Å²) in [6.07, 6.45) is 3.86. The summed E-state index contributed by atoms with van der Waals surface area (Å²) in [5.74, 6) is -2.04. The van der Waals surface area contributed by atoms with Crippen molar-refractivity contribution >= 4 is 23.1 Å². The Kier molecular flexibility index (Phi) is 8.09. The second kappa shape index (κ2) is 10.1. The lowest BCUT2D eigenvalue weighted by Crippen LogP contribution is -2.33. The van der Waals surface area contributed by atoms with Crippen LogP contribution in [0, 0.1) is 10.8 Å². The fraction of sp³-hybridized carbons (Fsp3) is 0.636. The molecule has 0 amide bonds. The molecule has 2 rings (SSSR count). The van der Waals surface area contributed by atoms with Crippen LogP contribution in [0.5, 0.6) is 0 Å². The van der Waals surface area contributed by atoms with Gasteiger partial charge >= 0.3 is 0 Å². The number of allylic oxidation sites excluding steroid dienone is 2. The van der Waals surface area contributed by atoms with E-state index in [1.54, 1.807) is 0 Å². The maximum atomic E-state index is 12.0. The van der Waals surface area contributed by atoms with E-state index in [2.05, 4.69) is 0 Å². The molecule has 0 aromatic carbocycles. The average molecular weight is 422 g/mol. The summed E-state index contributed by atoms with van der Waals surface area (Å²) in [6.45, 7) is 8.66. The molecule has 0 atom stereocenters. The first-order chi connectivity index (χ1) is 14.1. The van der Waals surface area contributed by atoms with Gasteiger partial charge < -0.3 is 18.9 Å². The van der Waals surface area contributed by atoms with E-state index in [9.17, 15) is 19.2 Å². The number of rotatable bonds is 11. The molecule has 2 aliphatic rings. The molecule has 0 aromatic heterocycles. The van der Waals surface area contributed by atoms with Crippen LogP contribution in [0.25, 0.3) is 0 Å². The SMILES string of the molecule is CC(C)(CCOCCOCCC(C)(C)C1=COCC(=O)C1=O)C1=COCC(=O)C1=O. The summed E-state index contributed by atoms with van der Waals surface area (Å²) < 4.78 is 21.3. The van der Waals surface area contributed by atoms with Crippen molar-refractivity contribution in [3.05, 3.63) is 23.7 Å². The van der Waals surface area contributed by atoms with E-state index in [4.69, 9.17) is 18.9 Å². The second-order valence-electron chi connectivity index (χ2n) is 8.68. The van der Waals surface area contributed by atoms with Gasteiger partial charge in [0.2, 0.25) is 23.1 Å². The van der Waals surface area contributed by atoms with Crippen molar-refractivity contribution in [1.29, 1.82) is 0 Å². The Hall–Kier alpha value is -2.32. The van der Waals surface area contributed by atoms with Crippen molar-refractivity contribution in [2.24, 2.45) is 10.8 Å². The van der Waals surface area contributed by atoms with Crippen LogP contribution in [0.3, 0.4) is 0 Å². The van der Waals surface area contributed by atoms with E-state index in [-0.39, 0.29) is 13.2 Å². The van der Waals surface area contributed by atoms with Crippen molar-refractivity contribution in [1.82, 2.24) is 0 Å². The van der Waals surface area contributed by atoms with Crippen LogP contribution in [0.2, 0.25) is 0 Å². The fourth-order valence-corrected chi connectivity index (χ4v) is 3.12. The molecule has 8 heteroatoms. The molecule has 0 radical (unpaired) electrons. The summed E-state index contributed by atoms with van der Waals surface area (Å²) in [6, 6.07) is 0. The van der Waals surface area contributed by atoms with E-state index in [1.165, 1.54) is 12.5 Å². The average Bonchev–Trinajstić information content (AvgIpc) is 2.67. The highest BCUT2D eigenvalue weighted by Crippen LogP contribution is 2.33. The topological polar surface area (TPSA) is 105 Å². The summed E-state index contributed by atoms with van der Waals surface area (Å²) in [5.41, 5.74) is -0.319. The molecule has 8 nitrogen and oxygen atoms in total. The van der Waals surface area contributed by atoms with Gasteiger partial charge in [0.25, 0.3) is 0 Å². The van der Waals surface area contributed by atoms with Gasteiger partial charge in [0.1, 0.15) is 0 Å². The number of hydrogen-bond donors (Lipinski definition) is 0. The molecule has 0 spiro atoms. The van der Waals surface area contributed by atoms with Crippen LogP contribution >= 0.6 is 0 Å². The summed E-state index contributed by atoms with van der Waals surface area (Å²) >= 11 is 0. The third-order valence-corrected chi connectivity index (χ3v) is 5.40. The molecule has 0 fully saturated rings. The van der Waals surface area contributed by atoms with Gasteiger partial charge in [0, 0.05) is 24.4 Å². The molecular weight excluding hydrogens is 392 g/mol. The Morgan fingerprint density at radius 1 is 0.700 bits per heavy atom. The summed E-state index contributed by atoms with van der Waals surface area (Å²) in [4.78, 5) is 47.1. The van der Waals surface area contributed by atoms with Crippen molar-refractivity contribution < 1.29 is 38.1 Å². The van der Waals surface area contributed by atoms with E-state index in [1.807, 2.05) is 27.7 Å². The van der Waals surface area contributed by atoms with Gasteiger partial charge in [-0.05, 0) is 23.7 Å². The monoisotopic (exact) mass is 422 g/mol. The minimum atomic E-state index is -0.530. The van der Waals surface area contributed by atoms with Gasteiger partial charge in [-0.1, -0.05) is 27.7 Å². The Morgan fingerprint density at radius 2 is 1.07 bits per heavy atom. The van der Waals surface area contributed by atoms with Gasteiger partial charge in [-0.2, -0.15) is 0 Å². The molecule has 2 heterocycles. The molecule has 0 saturated carbocycles. The highest BCUT2D eigenvalue weighted by Gasteiger charge is 2.36. The quantitative estimate of drug-likeness (QED) is 0.368. The first-order valence-corrected chi connectivity index (χ1v) is 10.0. The smallest absolute Gasteiger partial charge is 0.240 e. The lowest BCUT2D eigenvalue weighted by molar-refractivity contribution is -0.138. The van der Waals surface area contributed by atoms with E-state index >= 15 is 0 Å². The summed E-state index contributed by atoms with van der Waals surface area (Å²) in [7, 11) is 0. The molecule has 0 saturated heterocycles. The normalized spacial score (nSPS) is 18.0. The van der Waals surface area contributed by atoms with E-state index in [0.717, 1.165) is 0 Å². The van der Waals surface area contributed by atoms with E-state index < -0.39 is 34.0 Å². The zero-order chi connectivity index (χ0) is 22.4. The van der Waals surface area contributed by atoms with Gasteiger partial charge in [0.05, 0.1) is 25.7 Å². The standard InChI is InChI=1S/C22H30O8/c1-21(2,15-11-29-13-17(23)19(15)25)5-7-27-9-10-28-8-6-22(3,4)16-12-30-14-18(24)20(16)26/h11-12H,5-10,13-14H2,1-4H3. The zero-order valence-electron chi connectivity index (χ0n) is 18.1. The molecule has 0 unspecified atom stereocenters. The molecule has 0 N–H and O–H groups in total. The maximum absolute atomic E-state index is 12.0. The predicted molar refractivity (Wildman–Crippen MR) is 107 cm³/mol. The first kappa shape index (κ1) is 24.0. The number of ketones is 4. The van der Waals surface area contributed by atoms with Crippen LogP contribution < -0.4 is 0 Å². The third kappa shape index (κ3) is 6.09. The van der Waals surface area contributed by atoms with Crippen molar-refractivity contribution in [3.63, 3.8) is 0 Å². The third-order valence-electron chi connectivity index (χ3n) is 5.40. The first-order valence-electron chi connectivity index (χ1n) is 10.0. The summed E-state index contributed by atoms with van der Waals surface area (Å²) in [5, 5.41) is 0. The second-order valence-corrected chi connectivity index (χ2v) is 8.68. The van der Waals surface area contributed by atoms with Crippen LogP contribution in [0.4, 0.5) is 0 Å². The van der Waals surface area contributed by atoms with Gasteiger partial charge in [-0.25, -0.2) is 0 Å².